The first kappa shape index (κ1) is 23.2. The molecule has 0 aromatic heterocycles. The maximum atomic E-state index is 10.8. The van der Waals surface area contributed by atoms with Crippen LogP contribution in [0.2, 0.25) is 0 Å². The van der Waals surface area contributed by atoms with Crippen LogP contribution in [0.4, 0.5) is 0 Å². The van der Waals surface area contributed by atoms with Crippen molar-refractivity contribution < 1.29 is 24.2 Å². The van der Waals surface area contributed by atoms with E-state index in [1.165, 1.54) is 0 Å². The smallest absolute Gasteiger partial charge is 0.326 e. The first-order valence-corrected chi connectivity index (χ1v) is 11.2. The summed E-state index contributed by atoms with van der Waals surface area (Å²) in [7, 11) is -2.12. The third-order valence-corrected chi connectivity index (χ3v) is 5.26. The molecule has 29 heavy (non-hydrogen) atoms. The van der Waals surface area contributed by atoms with E-state index < -0.39 is 7.60 Å². The molecular formula is C22H28NO5P. The largest absolute Gasteiger partial charge is 0.489 e. The second-order valence-electron chi connectivity index (χ2n) is 6.87. The van der Waals surface area contributed by atoms with Gasteiger partial charge in [0.2, 0.25) is 0 Å². The zero-order chi connectivity index (χ0) is 21.1. The van der Waals surface area contributed by atoms with E-state index in [0.717, 1.165) is 16.9 Å². The molecule has 0 spiro atoms. The lowest BCUT2D eigenvalue weighted by Gasteiger charge is -2.24. The van der Waals surface area contributed by atoms with Gasteiger partial charge in [0.1, 0.15) is 12.4 Å². The molecule has 156 valence electrons. The molecule has 0 fully saturated rings. The minimum absolute atomic E-state index is 0.00702. The number of hydrogen-bond donors (Lipinski definition) is 3. The van der Waals surface area contributed by atoms with Crippen molar-refractivity contribution in [2.24, 2.45) is 0 Å². The molecule has 0 aliphatic heterocycles. The molecular weight excluding hydrogens is 389 g/mol. The first-order valence-electron chi connectivity index (χ1n) is 9.44. The van der Waals surface area contributed by atoms with Crippen molar-refractivity contribution >= 4 is 7.60 Å². The Labute approximate surface area is 172 Å². The van der Waals surface area contributed by atoms with E-state index in [-0.39, 0.29) is 25.2 Å². The molecule has 0 saturated heterocycles. The van der Waals surface area contributed by atoms with Gasteiger partial charge in [-0.05, 0) is 36.7 Å². The number of aliphatic hydroxyl groups excluding tert-OH is 1. The minimum Gasteiger partial charge on any atom is -0.489 e. The Balaban J connectivity index is 1.81. The molecule has 2 rings (SSSR count). The van der Waals surface area contributed by atoms with E-state index in [0.29, 0.717) is 19.6 Å². The van der Waals surface area contributed by atoms with E-state index >= 15 is 0 Å². The fraction of sp³-hybridized carbons (Fsp3) is 0.364. The van der Waals surface area contributed by atoms with Gasteiger partial charge >= 0.3 is 7.60 Å². The van der Waals surface area contributed by atoms with Crippen LogP contribution >= 0.6 is 7.60 Å². The summed E-state index contributed by atoms with van der Waals surface area (Å²) >= 11 is 0. The molecule has 0 unspecified atom stereocenters. The van der Waals surface area contributed by atoms with Crippen LogP contribution in [-0.4, -0.2) is 52.2 Å². The summed E-state index contributed by atoms with van der Waals surface area (Å²) in [5.41, 5.74) is 2.19. The van der Waals surface area contributed by atoms with Crippen LogP contribution in [0, 0.1) is 11.8 Å². The van der Waals surface area contributed by atoms with Crippen molar-refractivity contribution in [3.05, 3.63) is 65.7 Å². The Hall–Kier alpha value is -2.13. The van der Waals surface area contributed by atoms with Crippen molar-refractivity contribution in [2.75, 3.05) is 26.4 Å². The van der Waals surface area contributed by atoms with Gasteiger partial charge in [0.15, 0.2) is 0 Å². The van der Waals surface area contributed by atoms with Crippen LogP contribution in [0.5, 0.6) is 5.75 Å². The van der Waals surface area contributed by atoms with Crippen molar-refractivity contribution in [2.45, 2.75) is 25.5 Å². The number of aliphatic hydroxyl groups is 1. The maximum Gasteiger partial charge on any atom is 0.326 e. The van der Waals surface area contributed by atoms with Gasteiger partial charge in [0.05, 0.1) is 19.3 Å². The van der Waals surface area contributed by atoms with E-state index in [2.05, 4.69) is 11.8 Å². The maximum absolute atomic E-state index is 10.8. The Morgan fingerprint density at radius 2 is 1.72 bits per heavy atom. The fourth-order valence-electron chi connectivity index (χ4n) is 2.69. The van der Waals surface area contributed by atoms with Crippen molar-refractivity contribution in [1.82, 2.24) is 4.90 Å². The van der Waals surface area contributed by atoms with Gasteiger partial charge < -0.3 is 19.6 Å². The summed E-state index contributed by atoms with van der Waals surface area (Å²) in [5, 5.41) is 9.71. The molecule has 0 radical (unpaired) electrons. The fourth-order valence-corrected chi connectivity index (χ4v) is 3.10. The van der Waals surface area contributed by atoms with E-state index in [1.54, 1.807) is 0 Å². The van der Waals surface area contributed by atoms with E-state index in [1.807, 2.05) is 66.5 Å². The van der Waals surface area contributed by atoms with Crippen LogP contribution in [0.3, 0.4) is 0 Å². The predicted molar refractivity (Wildman–Crippen MR) is 114 cm³/mol. The highest BCUT2D eigenvalue weighted by Gasteiger charge is 2.14. The lowest BCUT2D eigenvalue weighted by atomic mass is 10.1. The summed E-state index contributed by atoms with van der Waals surface area (Å²) in [6.45, 7) is 0.931. The molecule has 2 aromatic rings. The molecule has 0 aliphatic rings. The van der Waals surface area contributed by atoms with E-state index in [4.69, 9.17) is 14.5 Å². The predicted octanol–water partition coefficient (Wildman–Crippen LogP) is 2.67. The monoisotopic (exact) mass is 417 g/mol. The third-order valence-electron chi connectivity index (χ3n) is 4.46. The first-order chi connectivity index (χ1) is 13.9. The average Bonchev–Trinajstić information content (AvgIpc) is 2.71. The summed E-state index contributed by atoms with van der Waals surface area (Å²) in [4.78, 5) is 19.6. The van der Waals surface area contributed by atoms with E-state index in [9.17, 15) is 9.67 Å². The van der Waals surface area contributed by atoms with Crippen LogP contribution < -0.4 is 4.74 Å². The molecule has 3 N–H and O–H groups in total. The normalized spacial score (nSPS) is 12.3. The molecule has 6 nitrogen and oxygen atoms in total. The van der Waals surface area contributed by atoms with Gasteiger partial charge in [0, 0.05) is 12.5 Å². The number of likely N-dealkylation sites (N-methyl/N-ethyl adjacent to an activating group) is 1. The minimum atomic E-state index is -3.99. The zero-order valence-electron chi connectivity index (χ0n) is 16.6. The number of benzene rings is 2. The standard InChI is InChI=1S/C22H28NO5P/c1-23(14-6-3-7-15-29(25,26)27)21(17-24)16-19-10-12-22(13-11-19)28-18-20-8-4-2-5-9-20/h2,4-5,8-13,21,24H,7,14-18H2,1H3,(H2,25,26,27)/t21-/m0/s1. The molecule has 7 heteroatoms. The topological polar surface area (TPSA) is 90.2 Å². The highest BCUT2D eigenvalue weighted by Crippen LogP contribution is 2.34. The van der Waals surface area contributed by atoms with Gasteiger partial charge in [-0.2, -0.15) is 0 Å². The molecule has 2 aromatic carbocycles. The van der Waals surface area contributed by atoms with Crippen LogP contribution in [0.25, 0.3) is 0 Å². The molecule has 0 bridgehead atoms. The summed E-state index contributed by atoms with van der Waals surface area (Å²) in [5.74, 6) is 6.46. The van der Waals surface area contributed by atoms with Crippen molar-refractivity contribution in [1.29, 1.82) is 0 Å². The second-order valence-corrected chi connectivity index (χ2v) is 8.64. The van der Waals surface area contributed by atoms with Gasteiger partial charge in [0.25, 0.3) is 0 Å². The van der Waals surface area contributed by atoms with Crippen LogP contribution in [-0.2, 0) is 17.6 Å². The van der Waals surface area contributed by atoms with Crippen molar-refractivity contribution in [3.63, 3.8) is 0 Å². The third kappa shape index (κ3) is 9.27. The van der Waals surface area contributed by atoms with Crippen LogP contribution in [0.15, 0.2) is 54.6 Å². The SMILES string of the molecule is CN(CC#CCCP(=O)(O)O)[C@H](CO)Cc1ccc(OCc2ccccc2)cc1. The summed E-state index contributed by atoms with van der Waals surface area (Å²) in [6, 6.07) is 17.7. The summed E-state index contributed by atoms with van der Waals surface area (Å²) < 4.78 is 16.6. The highest BCUT2D eigenvalue weighted by molar-refractivity contribution is 7.51. The average molecular weight is 417 g/mol. The van der Waals surface area contributed by atoms with Gasteiger partial charge in [-0.15, -0.1) is 5.92 Å². The quantitative estimate of drug-likeness (QED) is 0.407. The number of hydrogen-bond acceptors (Lipinski definition) is 4. The number of nitrogens with zero attached hydrogens (tertiary/aromatic N) is 1. The van der Waals surface area contributed by atoms with Crippen molar-refractivity contribution in [3.8, 4) is 17.6 Å². The molecule has 0 heterocycles. The second kappa shape index (κ2) is 11.8. The molecule has 0 amide bonds. The molecule has 1 atom stereocenters. The van der Waals surface area contributed by atoms with Gasteiger partial charge in [-0.3, -0.25) is 9.46 Å². The molecule has 0 aliphatic carbocycles. The van der Waals surface area contributed by atoms with Gasteiger partial charge in [-0.25, -0.2) is 0 Å². The number of ether oxygens (including phenoxy) is 1. The Morgan fingerprint density at radius 3 is 2.34 bits per heavy atom. The van der Waals surface area contributed by atoms with Crippen LogP contribution in [0.1, 0.15) is 17.5 Å². The Morgan fingerprint density at radius 1 is 1.03 bits per heavy atom. The highest BCUT2D eigenvalue weighted by atomic mass is 31.2. The summed E-state index contributed by atoms with van der Waals surface area (Å²) in [6.07, 6.45) is 0.592. The Bertz CT molecular complexity index is 839. The lowest BCUT2D eigenvalue weighted by Crippen LogP contribution is -2.36. The lowest BCUT2D eigenvalue weighted by molar-refractivity contribution is 0.158. The molecule has 0 saturated carbocycles. The van der Waals surface area contributed by atoms with Gasteiger partial charge in [-0.1, -0.05) is 48.4 Å². The Kier molecular flexibility index (Phi) is 9.40. The number of rotatable bonds is 10. The zero-order valence-corrected chi connectivity index (χ0v) is 17.5.